The maximum Gasteiger partial charge on any atom is 0.125 e. The normalized spacial score (nSPS) is 15.7. The van der Waals surface area contributed by atoms with Crippen LogP contribution < -0.4 is 4.90 Å². The van der Waals surface area contributed by atoms with E-state index < -0.39 is 0 Å². The Kier molecular flexibility index (Phi) is 5.07. The van der Waals surface area contributed by atoms with Crippen LogP contribution in [0.4, 0.5) is 0 Å². The van der Waals surface area contributed by atoms with E-state index in [0.29, 0.717) is 0 Å². The van der Waals surface area contributed by atoms with Crippen molar-refractivity contribution < 1.29 is 10.0 Å². The minimum Gasteiger partial charge on any atom is -0.507 e. The molecule has 3 aromatic rings. The second-order valence-corrected chi connectivity index (χ2v) is 7.33. The first-order valence-electron chi connectivity index (χ1n) is 9.58. The van der Waals surface area contributed by atoms with Crippen molar-refractivity contribution in [1.29, 1.82) is 0 Å². The molecule has 0 spiro atoms. The minimum atomic E-state index is 0.279. The van der Waals surface area contributed by atoms with Crippen molar-refractivity contribution in [2.45, 2.75) is 13.5 Å². The number of hydrazone groups is 1. The summed E-state index contributed by atoms with van der Waals surface area (Å²) in [5.41, 5.74) is 3.50. The van der Waals surface area contributed by atoms with E-state index in [0.717, 1.165) is 49.1 Å². The van der Waals surface area contributed by atoms with Gasteiger partial charge in [0.15, 0.2) is 0 Å². The maximum absolute atomic E-state index is 10.2. The maximum atomic E-state index is 10.2. The van der Waals surface area contributed by atoms with Gasteiger partial charge in [-0.25, -0.2) is 0 Å². The second-order valence-electron chi connectivity index (χ2n) is 7.33. The molecule has 4 nitrogen and oxygen atoms in total. The molecule has 1 heterocycles. The van der Waals surface area contributed by atoms with Gasteiger partial charge in [0, 0.05) is 11.1 Å². The van der Waals surface area contributed by atoms with Gasteiger partial charge in [-0.1, -0.05) is 60.2 Å². The lowest BCUT2D eigenvalue weighted by Crippen LogP contribution is -3.13. The topological polar surface area (TPSA) is 40.3 Å². The van der Waals surface area contributed by atoms with E-state index in [2.05, 4.69) is 47.4 Å². The highest BCUT2D eigenvalue weighted by Gasteiger charge is 2.18. The van der Waals surface area contributed by atoms with E-state index in [1.165, 1.54) is 11.1 Å². The fourth-order valence-electron chi connectivity index (χ4n) is 3.66. The highest BCUT2D eigenvalue weighted by Crippen LogP contribution is 2.25. The minimum absolute atomic E-state index is 0.279. The number of aromatic hydroxyl groups is 1. The van der Waals surface area contributed by atoms with Crippen LogP contribution in [0, 0.1) is 6.92 Å². The fourth-order valence-corrected chi connectivity index (χ4v) is 3.66. The molecule has 27 heavy (non-hydrogen) atoms. The predicted molar refractivity (Wildman–Crippen MR) is 110 cm³/mol. The molecule has 1 fully saturated rings. The van der Waals surface area contributed by atoms with Crippen molar-refractivity contribution in [1.82, 2.24) is 5.01 Å². The summed E-state index contributed by atoms with van der Waals surface area (Å²) in [7, 11) is 0. The van der Waals surface area contributed by atoms with Crippen molar-refractivity contribution in [3.8, 4) is 5.75 Å². The summed E-state index contributed by atoms with van der Waals surface area (Å²) < 4.78 is 0. The van der Waals surface area contributed by atoms with Crippen LogP contribution in [-0.4, -0.2) is 42.5 Å². The van der Waals surface area contributed by atoms with Crippen LogP contribution in [0.5, 0.6) is 5.75 Å². The molecule has 0 saturated carbocycles. The molecule has 3 aromatic carbocycles. The molecule has 0 aromatic heterocycles. The Labute approximate surface area is 160 Å². The summed E-state index contributed by atoms with van der Waals surface area (Å²) in [5.74, 6) is 0.279. The van der Waals surface area contributed by atoms with Crippen molar-refractivity contribution in [2.24, 2.45) is 5.10 Å². The Hall–Kier alpha value is -2.85. The molecular weight excluding hydrogens is 334 g/mol. The molecule has 0 unspecified atom stereocenters. The number of nitrogens with one attached hydrogen (secondary N) is 1. The third-order valence-corrected chi connectivity index (χ3v) is 5.32. The molecule has 1 saturated heterocycles. The van der Waals surface area contributed by atoms with E-state index in [-0.39, 0.29) is 5.75 Å². The zero-order valence-corrected chi connectivity index (χ0v) is 15.7. The smallest absolute Gasteiger partial charge is 0.125 e. The monoisotopic (exact) mass is 360 g/mol. The number of phenols is 1. The van der Waals surface area contributed by atoms with Crippen LogP contribution in [0.25, 0.3) is 10.8 Å². The van der Waals surface area contributed by atoms with Crippen molar-refractivity contribution in [2.75, 3.05) is 26.2 Å². The summed E-state index contributed by atoms with van der Waals surface area (Å²) in [6.07, 6.45) is 1.81. The Morgan fingerprint density at radius 2 is 1.74 bits per heavy atom. The van der Waals surface area contributed by atoms with Crippen molar-refractivity contribution in [3.63, 3.8) is 0 Å². The molecule has 0 bridgehead atoms. The third kappa shape index (κ3) is 4.12. The van der Waals surface area contributed by atoms with Gasteiger partial charge in [-0.15, -0.1) is 0 Å². The number of fused-ring (bicyclic) bond motifs is 1. The number of benzene rings is 3. The molecule has 1 aliphatic heterocycles. The molecule has 1 aliphatic rings. The number of nitrogens with zero attached hydrogens (tertiary/aromatic N) is 2. The number of rotatable bonds is 4. The van der Waals surface area contributed by atoms with Gasteiger partial charge in [0.05, 0.1) is 32.4 Å². The zero-order valence-electron chi connectivity index (χ0n) is 15.7. The summed E-state index contributed by atoms with van der Waals surface area (Å²) in [6.45, 7) is 7.22. The van der Waals surface area contributed by atoms with E-state index in [1.807, 2.05) is 30.5 Å². The molecular formula is C23H26N3O+. The Morgan fingerprint density at radius 3 is 2.52 bits per heavy atom. The van der Waals surface area contributed by atoms with E-state index in [4.69, 9.17) is 0 Å². The first-order valence-corrected chi connectivity index (χ1v) is 9.58. The summed E-state index contributed by atoms with van der Waals surface area (Å²) >= 11 is 0. The first-order chi connectivity index (χ1) is 13.2. The van der Waals surface area contributed by atoms with Gasteiger partial charge in [0.1, 0.15) is 12.3 Å². The van der Waals surface area contributed by atoms with Gasteiger partial charge in [0.2, 0.25) is 0 Å². The molecule has 138 valence electrons. The number of hydrogen-bond acceptors (Lipinski definition) is 3. The lowest BCUT2D eigenvalue weighted by Gasteiger charge is -2.30. The molecule has 0 amide bonds. The molecule has 0 atom stereocenters. The number of quaternary nitrogens is 1. The third-order valence-electron chi connectivity index (χ3n) is 5.32. The SMILES string of the molecule is Cc1ccc(C[NH+]2CCN(N=Cc3c(O)ccc4ccccc34)CC2)cc1. The van der Waals surface area contributed by atoms with Gasteiger partial charge < -0.3 is 10.0 Å². The molecule has 2 N–H and O–H groups in total. The molecule has 0 radical (unpaired) electrons. The van der Waals surface area contributed by atoms with Crippen LogP contribution in [0.15, 0.2) is 65.8 Å². The average Bonchev–Trinajstić information content (AvgIpc) is 2.70. The Bertz CT molecular complexity index is 941. The number of aryl methyl sites for hydroxylation is 1. The zero-order chi connectivity index (χ0) is 18.6. The predicted octanol–water partition coefficient (Wildman–Crippen LogP) is 2.59. The highest BCUT2D eigenvalue weighted by atomic mass is 16.3. The lowest BCUT2D eigenvalue weighted by atomic mass is 10.0. The quantitative estimate of drug-likeness (QED) is 0.702. The van der Waals surface area contributed by atoms with Crippen LogP contribution in [0.1, 0.15) is 16.7 Å². The average molecular weight is 360 g/mol. The second kappa shape index (κ2) is 7.80. The summed E-state index contributed by atoms with van der Waals surface area (Å²) in [5, 5.41) is 19.2. The van der Waals surface area contributed by atoms with E-state index in [9.17, 15) is 5.11 Å². The van der Waals surface area contributed by atoms with Crippen molar-refractivity contribution in [3.05, 3.63) is 77.4 Å². The van der Waals surface area contributed by atoms with Crippen molar-refractivity contribution >= 4 is 17.0 Å². The van der Waals surface area contributed by atoms with E-state index in [1.54, 1.807) is 11.0 Å². The summed E-state index contributed by atoms with van der Waals surface area (Å²) in [6, 6.07) is 20.6. The largest absolute Gasteiger partial charge is 0.507 e. The highest BCUT2D eigenvalue weighted by molar-refractivity contribution is 6.02. The standard InChI is InChI=1S/C23H25N3O/c1-18-6-8-19(9-7-18)17-25-12-14-26(15-13-25)24-16-22-21-5-3-2-4-20(21)10-11-23(22)27/h2-11,16,27H,12-15,17H2,1H3/p+1. The van der Waals surface area contributed by atoms with Gasteiger partial charge in [-0.2, -0.15) is 5.10 Å². The van der Waals surface area contributed by atoms with Gasteiger partial charge in [-0.3, -0.25) is 5.01 Å². The van der Waals surface area contributed by atoms with Crippen LogP contribution in [0.3, 0.4) is 0 Å². The Balaban J connectivity index is 1.39. The fraction of sp³-hybridized carbons (Fsp3) is 0.261. The van der Waals surface area contributed by atoms with E-state index >= 15 is 0 Å². The lowest BCUT2D eigenvalue weighted by molar-refractivity contribution is -0.918. The Morgan fingerprint density at radius 1 is 1.00 bits per heavy atom. The number of piperazine rings is 1. The first kappa shape index (κ1) is 17.6. The molecule has 0 aliphatic carbocycles. The van der Waals surface area contributed by atoms with Gasteiger partial charge in [0.25, 0.3) is 0 Å². The molecule has 4 heteroatoms. The van der Waals surface area contributed by atoms with Crippen LogP contribution >= 0.6 is 0 Å². The van der Waals surface area contributed by atoms with Gasteiger partial charge >= 0.3 is 0 Å². The number of hydrogen-bond donors (Lipinski definition) is 2. The summed E-state index contributed by atoms with van der Waals surface area (Å²) in [4.78, 5) is 1.60. The van der Waals surface area contributed by atoms with Gasteiger partial charge in [-0.05, 0) is 23.8 Å². The van der Waals surface area contributed by atoms with Crippen LogP contribution in [-0.2, 0) is 6.54 Å². The van der Waals surface area contributed by atoms with Crippen LogP contribution in [0.2, 0.25) is 0 Å². The number of phenolic OH excluding ortho intramolecular Hbond substituents is 1. The molecule has 4 rings (SSSR count).